The van der Waals surface area contributed by atoms with Crippen molar-refractivity contribution in [2.75, 3.05) is 18.5 Å². The van der Waals surface area contributed by atoms with Crippen molar-refractivity contribution in [3.63, 3.8) is 0 Å². The number of rotatable bonds is 7. The molecule has 5 rings (SSSR count). The van der Waals surface area contributed by atoms with Crippen LogP contribution in [0.4, 0.5) is 10.5 Å². The number of sulfone groups is 1. The standard InChI is InChI=1S/C27H29N3O4S/c1-19(21-5-3-2-4-6-21)28-27(31)29-24-9-11-26(12-10-24)35(32,33)18-20-7-8-22-14-30(15-23(22)13-20)25-16-34-17-25/h2-13,19,25H,14-18H2,1H3,(H2,28,29,31). The van der Waals surface area contributed by atoms with Crippen LogP contribution in [0.15, 0.2) is 77.7 Å². The van der Waals surface area contributed by atoms with E-state index in [1.807, 2.05) is 55.5 Å². The number of carbonyl (C=O) groups excluding carboxylic acids is 1. The molecule has 0 saturated carbocycles. The van der Waals surface area contributed by atoms with Crippen LogP contribution in [-0.4, -0.2) is 38.6 Å². The van der Waals surface area contributed by atoms with E-state index in [0.717, 1.165) is 37.4 Å². The molecule has 0 radical (unpaired) electrons. The minimum absolute atomic E-state index is 0.0608. The molecule has 1 atom stereocenters. The minimum Gasteiger partial charge on any atom is -0.378 e. The van der Waals surface area contributed by atoms with Gasteiger partial charge in [0.05, 0.1) is 35.9 Å². The second kappa shape index (κ2) is 9.81. The van der Waals surface area contributed by atoms with Crippen LogP contribution >= 0.6 is 0 Å². The molecule has 2 N–H and O–H groups in total. The Morgan fingerprint density at radius 1 is 1.00 bits per heavy atom. The number of benzene rings is 3. The first-order valence-electron chi connectivity index (χ1n) is 11.8. The Morgan fingerprint density at radius 3 is 2.40 bits per heavy atom. The zero-order valence-electron chi connectivity index (χ0n) is 19.6. The van der Waals surface area contributed by atoms with Crippen LogP contribution in [0.25, 0.3) is 0 Å². The highest BCUT2D eigenvalue weighted by Crippen LogP contribution is 2.29. The third-order valence-corrected chi connectivity index (χ3v) is 8.33. The fraction of sp³-hybridized carbons (Fsp3) is 0.296. The van der Waals surface area contributed by atoms with Gasteiger partial charge in [0.2, 0.25) is 0 Å². The summed E-state index contributed by atoms with van der Waals surface area (Å²) < 4.78 is 31.4. The highest BCUT2D eigenvalue weighted by molar-refractivity contribution is 7.90. The summed E-state index contributed by atoms with van der Waals surface area (Å²) in [4.78, 5) is 15.0. The van der Waals surface area contributed by atoms with Crippen molar-refractivity contribution < 1.29 is 17.9 Å². The molecular weight excluding hydrogens is 462 g/mol. The van der Waals surface area contributed by atoms with Crippen molar-refractivity contribution in [2.24, 2.45) is 0 Å². The third-order valence-electron chi connectivity index (χ3n) is 6.63. The molecule has 0 bridgehead atoms. The van der Waals surface area contributed by atoms with Gasteiger partial charge in [-0.2, -0.15) is 0 Å². The normalized spacial score (nSPS) is 16.8. The van der Waals surface area contributed by atoms with E-state index >= 15 is 0 Å². The van der Waals surface area contributed by atoms with Crippen molar-refractivity contribution in [3.8, 4) is 0 Å². The molecule has 7 nitrogen and oxygen atoms in total. The molecule has 182 valence electrons. The summed E-state index contributed by atoms with van der Waals surface area (Å²) in [5.41, 5.74) is 4.76. The highest BCUT2D eigenvalue weighted by atomic mass is 32.2. The van der Waals surface area contributed by atoms with Gasteiger partial charge in [-0.15, -0.1) is 0 Å². The third kappa shape index (κ3) is 5.40. The molecule has 0 spiro atoms. The summed E-state index contributed by atoms with van der Waals surface area (Å²) in [7, 11) is -3.52. The van der Waals surface area contributed by atoms with Gasteiger partial charge in [0.15, 0.2) is 9.84 Å². The second-order valence-electron chi connectivity index (χ2n) is 9.21. The first-order chi connectivity index (χ1) is 16.9. The number of nitrogens with zero attached hydrogens (tertiary/aromatic N) is 1. The molecule has 1 unspecified atom stereocenters. The van der Waals surface area contributed by atoms with Gasteiger partial charge in [-0.3, -0.25) is 4.90 Å². The van der Waals surface area contributed by atoms with E-state index in [1.54, 1.807) is 12.1 Å². The number of anilines is 1. The van der Waals surface area contributed by atoms with E-state index in [9.17, 15) is 13.2 Å². The van der Waals surface area contributed by atoms with Crippen LogP contribution in [0, 0.1) is 0 Å². The topological polar surface area (TPSA) is 87.7 Å². The zero-order chi connectivity index (χ0) is 24.4. The molecular formula is C27H29N3O4S. The molecule has 1 fully saturated rings. The first kappa shape index (κ1) is 23.5. The van der Waals surface area contributed by atoms with Crippen LogP contribution < -0.4 is 10.6 Å². The monoisotopic (exact) mass is 491 g/mol. The predicted molar refractivity (Wildman–Crippen MR) is 135 cm³/mol. The van der Waals surface area contributed by atoms with E-state index in [-0.39, 0.29) is 22.7 Å². The van der Waals surface area contributed by atoms with Crippen LogP contribution in [0.5, 0.6) is 0 Å². The van der Waals surface area contributed by atoms with E-state index in [0.29, 0.717) is 11.7 Å². The Hall–Kier alpha value is -3.20. The average Bonchev–Trinajstić information content (AvgIpc) is 3.21. The Labute approximate surface area is 206 Å². The molecule has 2 aliphatic heterocycles. The van der Waals surface area contributed by atoms with Crippen molar-refractivity contribution in [2.45, 2.75) is 42.7 Å². The van der Waals surface area contributed by atoms with Gasteiger partial charge in [0, 0.05) is 18.8 Å². The number of amides is 2. The number of fused-ring (bicyclic) bond motifs is 1. The smallest absolute Gasteiger partial charge is 0.319 e. The van der Waals surface area contributed by atoms with Gasteiger partial charge in [0.1, 0.15) is 0 Å². The lowest BCUT2D eigenvalue weighted by Gasteiger charge is -2.34. The molecule has 8 heteroatoms. The molecule has 3 aromatic rings. The fourth-order valence-electron chi connectivity index (χ4n) is 4.49. The van der Waals surface area contributed by atoms with Crippen molar-refractivity contribution >= 4 is 21.6 Å². The number of carbonyl (C=O) groups is 1. The van der Waals surface area contributed by atoms with Gasteiger partial charge in [-0.1, -0.05) is 48.5 Å². The SMILES string of the molecule is CC(NC(=O)Nc1ccc(S(=O)(=O)Cc2ccc3c(c2)CN(C2COC2)C3)cc1)c1ccccc1. The zero-order valence-corrected chi connectivity index (χ0v) is 20.4. The summed E-state index contributed by atoms with van der Waals surface area (Å²) in [6, 6.07) is 21.9. The van der Waals surface area contributed by atoms with E-state index in [2.05, 4.69) is 15.5 Å². The van der Waals surface area contributed by atoms with Gasteiger partial charge >= 0.3 is 6.03 Å². The predicted octanol–water partition coefficient (Wildman–Crippen LogP) is 4.26. The Balaban J connectivity index is 1.19. The minimum atomic E-state index is -3.52. The lowest BCUT2D eigenvalue weighted by atomic mass is 10.1. The second-order valence-corrected chi connectivity index (χ2v) is 11.2. The number of hydrogen-bond donors (Lipinski definition) is 2. The Bertz CT molecular complexity index is 1310. The van der Waals surface area contributed by atoms with E-state index in [4.69, 9.17) is 4.74 Å². The lowest BCUT2D eigenvalue weighted by Crippen LogP contribution is -2.46. The number of hydrogen-bond acceptors (Lipinski definition) is 5. The Kier molecular flexibility index (Phi) is 6.60. The lowest BCUT2D eigenvalue weighted by molar-refractivity contribution is -0.0669. The Morgan fingerprint density at radius 2 is 1.71 bits per heavy atom. The molecule has 0 aromatic heterocycles. The summed E-state index contributed by atoms with van der Waals surface area (Å²) in [6.45, 7) is 5.18. The summed E-state index contributed by atoms with van der Waals surface area (Å²) in [6.07, 6.45) is 0. The maximum Gasteiger partial charge on any atom is 0.319 e. The van der Waals surface area contributed by atoms with Crippen molar-refractivity contribution in [1.82, 2.24) is 10.2 Å². The van der Waals surface area contributed by atoms with Crippen LogP contribution in [-0.2, 0) is 33.4 Å². The highest BCUT2D eigenvalue weighted by Gasteiger charge is 2.31. The van der Waals surface area contributed by atoms with Crippen molar-refractivity contribution in [1.29, 1.82) is 0 Å². The quantitative estimate of drug-likeness (QED) is 0.516. The van der Waals surface area contributed by atoms with Gasteiger partial charge in [-0.25, -0.2) is 13.2 Å². The van der Waals surface area contributed by atoms with Crippen LogP contribution in [0.1, 0.15) is 35.2 Å². The average molecular weight is 492 g/mol. The van der Waals surface area contributed by atoms with Crippen LogP contribution in [0.3, 0.4) is 0 Å². The maximum atomic E-state index is 13.0. The first-order valence-corrected chi connectivity index (χ1v) is 13.4. The van der Waals surface area contributed by atoms with Crippen LogP contribution in [0.2, 0.25) is 0 Å². The van der Waals surface area contributed by atoms with Gasteiger partial charge < -0.3 is 15.4 Å². The molecule has 3 aromatic carbocycles. The molecule has 1 saturated heterocycles. The largest absolute Gasteiger partial charge is 0.378 e. The van der Waals surface area contributed by atoms with Gasteiger partial charge in [0.25, 0.3) is 0 Å². The van der Waals surface area contributed by atoms with E-state index in [1.165, 1.54) is 23.3 Å². The molecule has 2 aliphatic rings. The van der Waals surface area contributed by atoms with Crippen molar-refractivity contribution in [3.05, 3.63) is 95.1 Å². The molecule has 0 aliphatic carbocycles. The number of urea groups is 1. The fourth-order valence-corrected chi connectivity index (χ4v) is 5.83. The maximum absolute atomic E-state index is 13.0. The number of nitrogens with one attached hydrogen (secondary N) is 2. The summed E-state index contributed by atoms with van der Waals surface area (Å²) >= 11 is 0. The molecule has 2 heterocycles. The molecule has 35 heavy (non-hydrogen) atoms. The molecule has 2 amide bonds. The van der Waals surface area contributed by atoms with E-state index < -0.39 is 9.84 Å². The summed E-state index contributed by atoms with van der Waals surface area (Å²) in [5, 5.41) is 5.64. The number of ether oxygens (including phenoxy) is 1. The summed E-state index contributed by atoms with van der Waals surface area (Å²) in [5.74, 6) is -0.0608. The van der Waals surface area contributed by atoms with Gasteiger partial charge in [-0.05, 0) is 53.4 Å².